The predicted molar refractivity (Wildman–Crippen MR) is 91.5 cm³/mol. The maximum Gasteiger partial charge on any atom is 0.317 e. The van der Waals surface area contributed by atoms with Crippen LogP contribution in [0.25, 0.3) is 0 Å². The summed E-state index contributed by atoms with van der Waals surface area (Å²) in [5.74, 6) is -0.256. The molecule has 1 aliphatic heterocycles. The van der Waals surface area contributed by atoms with Gasteiger partial charge in [0.1, 0.15) is 0 Å². The summed E-state index contributed by atoms with van der Waals surface area (Å²) in [6.07, 6.45) is 1.55. The van der Waals surface area contributed by atoms with E-state index in [1.165, 1.54) is 0 Å². The average molecular weight is 327 g/mol. The highest BCUT2D eigenvalue weighted by Crippen LogP contribution is 2.29. The minimum Gasteiger partial charge on any atom is -0.481 e. The molecule has 1 heterocycles. The Hall–Kier alpha value is -1.30. The summed E-state index contributed by atoms with van der Waals surface area (Å²) >= 11 is 0. The number of likely N-dealkylation sites (N-methyl/N-ethyl adjacent to an activating group) is 1. The number of nitrogens with zero attached hydrogens (tertiary/aromatic N) is 2. The van der Waals surface area contributed by atoms with Crippen molar-refractivity contribution < 1.29 is 14.7 Å². The van der Waals surface area contributed by atoms with Gasteiger partial charge in [-0.3, -0.25) is 9.69 Å². The van der Waals surface area contributed by atoms with Crippen LogP contribution in [0.15, 0.2) is 0 Å². The Morgan fingerprint density at radius 1 is 1.30 bits per heavy atom. The third-order valence-corrected chi connectivity index (χ3v) is 4.84. The van der Waals surface area contributed by atoms with Crippen molar-refractivity contribution in [3.05, 3.63) is 0 Å². The molecule has 2 atom stereocenters. The molecule has 0 spiro atoms. The van der Waals surface area contributed by atoms with E-state index in [2.05, 4.69) is 37.9 Å². The molecule has 1 saturated heterocycles. The predicted octanol–water partition coefficient (Wildman–Crippen LogP) is 2.25. The Balaban J connectivity index is 2.57. The second-order valence-corrected chi connectivity index (χ2v) is 7.23. The Bertz CT molecular complexity index is 410. The first-order valence-corrected chi connectivity index (χ1v) is 8.73. The second-order valence-electron chi connectivity index (χ2n) is 7.23. The van der Waals surface area contributed by atoms with Gasteiger partial charge in [-0.2, -0.15) is 0 Å². The molecule has 1 aliphatic rings. The number of aliphatic carboxylic acids is 1. The summed E-state index contributed by atoms with van der Waals surface area (Å²) in [6, 6.07) is 0.179. The number of rotatable bonds is 8. The monoisotopic (exact) mass is 327 g/mol. The fraction of sp³-hybridized carbons (Fsp3) is 0.882. The molecule has 1 fully saturated rings. The zero-order valence-electron chi connectivity index (χ0n) is 15.3. The number of likely N-dealkylation sites (tertiary alicyclic amines) is 1. The van der Waals surface area contributed by atoms with Crippen LogP contribution in [0, 0.1) is 11.3 Å². The summed E-state index contributed by atoms with van der Waals surface area (Å²) in [5.41, 5.74) is -0.812. The maximum atomic E-state index is 12.3. The number of urea groups is 1. The SMILES string of the molecule is CCN(CC)C(CNC(=O)N1CCC(C)(C(=O)O)C1)CC(C)C. The smallest absolute Gasteiger partial charge is 0.317 e. The molecule has 0 aromatic rings. The number of amides is 2. The highest BCUT2D eigenvalue weighted by Gasteiger charge is 2.42. The summed E-state index contributed by atoms with van der Waals surface area (Å²) < 4.78 is 0. The van der Waals surface area contributed by atoms with Gasteiger partial charge in [0.2, 0.25) is 0 Å². The molecule has 6 nitrogen and oxygen atoms in total. The van der Waals surface area contributed by atoms with E-state index >= 15 is 0 Å². The van der Waals surface area contributed by atoms with E-state index in [0.717, 1.165) is 19.5 Å². The molecule has 0 bridgehead atoms. The van der Waals surface area contributed by atoms with Crippen LogP contribution in [0.4, 0.5) is 4.79 Å². The molecule has 2 amide bonds. The first kappa shape index (κ1) is 19.7. The summed E-state index contributed by atoms with van der Waals surface area (Å²) in [4.78, 5) is 27.6. The van der Waals surface area contributed by atoms with Crippen molar-refractivity contribution in [3.63, 3.8) is 0 Å². The number of nitrogens with one attached hydrogen (secondary N) is 1. The van der Waals surface area contributed by atoms with Gasteiger partial charge in [0.05, 0.1) is 5.41 Å². The van der Waals surface area contributed by atoms with Crippen LogP contribution >= 0.6 is 0 Å². The number of hydrogen-bond acceptors (Lipinski definition) is 3. The summed E-state index contributed by atoms with van der Waals surface area (Å²) in [7, 11) is 0. The van der Waals surface area contributed by atoms with Gasteiger partial charge in [0.25, 0.3) is 0 Å². The molecular formula is C17H33N3O3. The van der Waals surface area contributed by atoms with E-state index in [0.29, 0.717) is 31.5 Å². The summed E-state index contributed by atoms with van der Waals surface area (Å²) in [6.45, 7) is 13.7. The van der Waals surface area contributed by atoms with Gasteiger partial charge < -0.3 is 15.3 Å². The van der Waals surface area contributed by atoms with Crippen LogP contribution in [-0.2, 0) is 4.79 Å². The lowest BCUT2D eigenvalue weighted by atomic mass is 9.90. The topological polar surface area (TPSA) is 72.9 Å². The molecular weight excluding hydrogens is 294 g/mol. The molecule has 2 N–H and O–H groups in total. The van der Waals surface area contributed by atoms with Crippen molar-refractivity contribution in [3.8, 4) is 0 Å². The third kappa shape index (κ3) is 5.37. The molecule has 0 aromatic heterocycles. The highest BCUT2D eigenvalue weighted by atomic mass is 16.4. The van der Waals surface area contributed by atoms with Crippen molar-refractivity contribution in [2.45, 2.75) is 53.5 Å². The van der Waals surface area contributed by atoms with Crippen molar-refractivity contribution in [1.82, 2.24) is 15.1 Å². The lowest BCUT2D eigenvalue weighted by Crippen LogP contribution is -2.48. The minimum absolute atomic E-state index is 0.143. The lowest BCUT2D eigenvalue weighted by Gasteiger charge is -2.32. The molecule has 2 unspecified atom stereocenters. The molecule has 1 rings (SSSR count). The molecule has 0 aromatic carbocycles. The van der Waals surface area contributed by atoms with Gasteiger partial charge >= 0.3 is 12.0 Å². The van der Waals surface area contributed by atoms with Gasteiger partial charge in [0.15, 0.2) is 0 Å². The van der Waals surface area contributed by atoms with Crippen molar-refractivity contribution >= 4 is 12.0 Å². The molecule has 134 valence electrons. The fourth-order valence-electron chi connectivity index (χ4n) is 3.27. The van der Waals surface area contributed by atoms with Gasteiger partial charge in [-0.1, -0.05) is 27.7 Å². The Labute approximate surface area is 140 Å². The van der Waals surface area contributed by atoms with Crippen LogP contribution in [0.2, 0.25) is 0 Å². The van der Waals surface area contributed by atoms with E-state index in [9.17, 15) is 14.7 Å². The van der Waals surface area contributed by atoms with Crippen molar-refractivity contribution in [1.29, 1.82) is 0 Å². The maximum absolute atomic E-state index is 12.3. The summed E-state index contributed by atoms with van der Waals surface area (Å²) in [5, 5.41) is 12.3. The van der Waals surface area contributed by atoms with Gasteiger partial charge in [-0.25, -0.2) is 4.79 Å². The Morgan fingerprint density at radius 2 is 1.91 bits per heavy atom. The Morgan fingerprint density at radius 3 is 2.35 bits per heavy atom. The van der Waals surface area contributed by atoms with Crippen LogP contribution < -0.4 is 5.32 Å². The van der Waals surface area contributed by atoms with Crippen molar-refractivity contribution in [2.24, 2.45) is 11.3 Å². The first-order chi connectivity index (χ1) is 10.7. The lowest BCUT2D eigenvalue weighted by molar-refractivity contribution is -0.147. The largest absolute Gasteiger partial charge is 0.481 e. The third-order valence-electron chi connectivity index (χ3n) is 4.84. The molecule has 0 aliphatic carbocycles. The van der Waals surface area contributed by atoms with E-state index in [1.807, 2.05) is 0 Å². The van der Waals surface area contributed by atoms with Crippen LogP contribution in [0.3, 0.4) is 0 Å². The zero-order valence-corrected chi connectivity index (χ0v) is 15.3. The number of carbonyl (C=O) groups excluding carboxylic acids is 1. The van der Waals surface area contributed by atoms with Crippen LogP contribution in [0.1, 0.15) is 47.5 Å². The molecule has 0 radical (unpaired) electrons. The van der Waals surface area contributed by atoms with E-state index < -0.39 is 11.4 Å². The molecule has 0 saturated carbocycles. The number of carbonyl (C=O) groups is 2. The Kier molecular flexibility index (Phi) is 7.32. The number of carboxylic acids is 1. The highest BCUT2D eigenvalue weighted by molar-refractivity contribution is 5.79. The average Bonchev–Trinajstić information content (AvgIpc) is 2.89. The van der Waals surface area contributed by atoms with E-state index in [-0.39, 0.29) is 12.6 Å². The first-order valence-electron chi connectivity index (χ1n) is 8.73. The minimum atomic E-state index is -0.825. The quantitative estimate of drug-likeness (QED) is 0.717. The standard InChI is InChI=1S/C17H33N3O3/c1-6-19(7-2)14(10-13(3)4)11-18-16(23)20-9-8-17(5,12-20)15(21)22/h13-14H,6-12H2,1-5H3,(H,18,23)(H,21,22). The molecule has 23 heavy (non-hydrogen) atoms. The number of hydrogen-bond donors (Lipinski definition) is 2. The van der Waals surface area contributed by atoms with Gasteiger partial charge in [-0.05, 0) is 38.8 Å². The number of carboxylic acid groups (broad SMARTS) is 1. The van der Waals surface area contributed by atoms with Gasteiger partial charge in [-0.15, -0.1) is 0 Å². The van der Waals surface area contributed by atoms with E-state index in [1.54, 1.807) is 11.8 Å². The van der Waals surface area contributed by atoms with Gasteiger partial charge in [0, 0.05) is 25.7 Å². The van der Waals surface area contributed by atoms with E-state index in [4.69, 9.17) is 0 Å². The van der Waals surface area contributed by atoms with Crippen molar-refractivity contribution in [2.75, 3.05) is 32.7 Å². The fourth-order valence-corrected chi connectivity index (χ4v) is 3.27. The molecule has 6 heteroatoms. The van der Waals surface area contributed by atoms with Crippen LogP contribution in [0.5, 0.6) is 0 Å². The zero-order chi connectivity index (χ0) is 17.6. The normalized spacial score (nSPS) is 22.7. The second kappa shape index (κ2) is 8.52. The van der Waals surface area contributed by atoms with Crippen LogP contribution in [-0.4, -0.2) is 65.7 Å².